The van der Waals surface area contributed by atoms with E-state index >= 15 is 0 Å². The largest absolute Gasteiger partial charge is 0.497 e. The van der Waals surface area contributed by atoms with Gasteiger partial charge in [-0.1, -0.05) is 77.5 Å². The van der Waals surface area contributed by atoms with Gasteiger partial charge in [0.2, 0.25) is 11.0 Å². The predicted octanol–water partition coefficient (Wildman–Crippen LogP) is 5.67. The van der Waals surface area contributed by atoms with Gasteiger partial charge in [0.05, 0.1) is 16.9 Å². The second-order valence-corrected chi connectivity index (χ2v) is 14.3. The fourth-order valence-corrected chi connectivity index (χ4v) is 8.02. The summed E-state index contributed by atoms with van der Waals surface area (Å²) >= 11 is 16.2. The zero-order chi connectivity index (χ0) is 29.6. The Morgan fingerprint density at radius 1 is 0.976 bits per heavy atom. The van der Waals surface area contributed by atoms with Gasteiger partial charge in [-0.25, -0.2) is 0 Å². The molecular weight excluding hydrogens is 651 g/mol. The van der Waals surface area contributed by atoms with Gasteiger partial charge in [-0.15, -0.1) is 21.5 Å². The molecule has 4 heterocycles. The Labute approximate surface area is 269 Å². The molecule has 216 valence electrons. The van der Waals surface area contributed by atoms with Gasteiger partial charge in [-0.3, -0.25) is 24.2 Å². The third-order valence-electron chi connectivity index (χ3n) is 6.03. The molecule has 2 aliphatic rings. The summed E-state index contributed by atoms with van der Waals surface area (Å²) in [6.45, 7) is 0.718. The highest BCUT2D eigenvalue weighted by Crippen LogP contribution is 2.34. The number of anilines is 1. The van der Waals surface area contributed by atoms with Crippen molar-refractivity contribution in [2.24, 2.45) is 0 Å². The molecule has 2 fully saturated rings. The molecule has 3 aromatic rings. The van der Waals surface area contributed by atoms with Crippen molar-refractivity contribution in [1.29, 1.82) is 0 Å². The number of hydrogen-bond acceptors (Lipinski definition) is 12. The first-order valence-electron chi connectivity index (χ1n) is 12.6. The van der Waals surface area contributed by atoms with Crippen molar-refractivity contribution >= 4 is 114 Å². The Balaban J connectivity index is 1.07. The number of carbonyl (C=O) groups excluding carboxylic acids is 3. The van der Waals surface area contributed by atoms with Crippen molar-refractivity contribution in [1.82, 2.24) is 20.0 Å². The summed E-state index contributed by atoms with van der Waals surface area (Å²) in [5, 5.41) is 14.0. The molecular formula is C27H23N5O4S6. The number of hydrogen-bond donors (Lipinski definition) is 1. The fourth-order valence-electron chi connectivity index (χ4n) is 3.93. The lowest BCUT2D eigenvalue weighted by molar-refractivity contribution is -0.123. The number of nitrogens with one attached hydrogen (secondary N) is 1. The Morgan fingerprint density at radius 3 is 2.33 bits per heavy atom. The van der Waals surface area contributed by atoms with E-state index in [1.165, 1.54) is 39.8 Å². The van der Waals surface area contributed by atoms with Gasteiger partial charge in [0.15, 0.2) is 0 Å². The van der Waals surface area contributed by atoms with Crippen LogP contribution in [0.1, 0.15) is 28.3 Å². The van der Waals surface area contributed by atoms with E-state index in [1.54, 1.807) is 23.3 Å². The molecule has 9 nitrogen and oxygen atoms in total. The normalized spacial score (nSPS) is 17.3. The number of thiophene rings is 1. The molecule has 0 atom stereocenters. The first kappa shape index (κ1) is 30.5. The summed E-state index contributed by atoms with van der Waals surface area (Å²) in [4.78, 5) is 43.4. The highest BCUT2D eigenvalue weighted by molar-refractivity contribution is 8.27. The zero-order valence-electron chi connectivity index (χ0n) is 22.1. The lowest BCUT2D eigenvalue weighted by Gasteiger charge is -2.13. The van der Waals surface area contributed by atoms with Gasteiger partial charge in [-0.2, -0.15) is 0 Å². The minimum Gasteiger partial charge on any atom is -0.497 e. The maximum Gasteiger partial charge on any atom is 0.266 e. The highest BCUT2D eigenvalue weighted by Gasteiger charge is 2.33. The molecule has 0 radical (unpaired) electrons. The number of nitrogens with zero attached hydrogens (tertiary/aromatic N) is 4. The first-order valence-corrected chi connectivity index (χ1v) is 16.8. The number of amides is 3. The summed E-state index contributed by atoms with van der Waals surface area (Å²) in [6, 6.07) is 11.3. The summed E-state index contributed by atoms with van der Waals surface area (Å²) in [5.74, 6) is 0.233. The molecule has 42 heavy (non-hydrogen) atoms. The van der Waals surface area contributed by atoms with E-state index in [0.717, 1.165) is 16.2 Å². The van der Waals surface area contributed by atoms with Crippen molar-refractivity contribution in [3.63, 3.8) is 0 Å². The molecule has 0 spiro atoms. The summed E-state index contributed by atoms with van der Waals surface area (Å²) in [5.41, 5.74) is 0.880. The topological polar surface area (TPSA) is 105 Å². The van der Waals surface area contributed by atoms with Crippen LogP contribution in [-0.2, 0) is 20.8 Å². The molecule has 2 aliphatic heterocycles. The standard InChI is InChI=1S/C27H23N5O4S6/c1-36-17-8-6-16(7-9-17)14-19-23(34)32(27(38)40-19)12-10-22-29-30-25(42-22)28-21(33)5-2-11-31-24(35)20(41-26(31)37)15-18-4-3-13-39-18/h3-4,6-9,13-15H,2,5,10-12H2,1H3,(H,28,30,33)/b19-14-,20-15-. The number of ether oxygens (including phenoxy) is 1. The summed E-state index contributed by atoms with van der Waals surface area (Å²) in [6.07, 6.45) is 4.75. The van der Waals surface area contributed by atoms with Crippen LogP contribution < -0.4 is 10.1 Å². The van der Waals surface area contributed by atoms with E-state index in [-0.39, 0.29) is 24.1 Å². The zero-order valence-corrected chi connectivity index (χ0v) is 27.0. The lowest BCUT2D eigenvalue weighted by atomic mass is 10.2. The second kappa shape index (κ2) is 14.0. The van der Waals surface area contributed by atoms with E-state index in [4.69, 9.17) is 29.2 Å². The third kappa shape index (κ3) is 7.51. The Hall–Kier alpha value is -2.95. The maximum atomic E-state index is 12.9. The second-order valence-electron chi connectivity index (χ2n) is 8.86. The number of methoxy groups -OCH3 is 1. The van der Waals surface area contributed by atoms with Crippen LogP contribution >= 0.6 is 70.6 Å². The number of rotatable bonds is 11. The fraction of sp³-hybridized carbons (Fsp3) is 0.222. The number of thiocarbonyl (C=S) groups is 2. The Morgan fingerprint density at radius 2 is 1.67 bits per heavy atom. The van der Waals surface area contributed by atoms with Gasteiger partial charge in [0, 0.05) is 30.8 Å². The number of carbonyl (C=O) groups is 3. The first-order chi connectivity index (χ1) is 20.3. The van der Waals surface area contributed by atoms with Crippen molar-refractivity contribution < 1.29 is 19.1 Å². The molecule has 1 aromatic carbocycles. The van der Waals surface area contributed by atoms with Crippen LogP contribution in [0.15, 0.2) is 51.6 Å². The maximum absolute atomic E-state index is 12.9. The molecule has 3 amide bonds. The van der Waals surface area contributed by atoms with Crippen LogP contribution in [0.4, 0.5) is 5.13 Å². The molecule has 15 heteroatoms. The molecule has 0 bridgehead atoms. The Bertz CT molecular complexity index is 1580. The predicted molar refractivity (Wildman–Crippen MR) is 179 cm³/mol. The Kier molecular flexibility index (Phi) is 10.2. The molecule has 0 unspecified atom stereocenters. The average Bonchev–Trinajstić information content (AvgIpc) is 3.75. The van der Waals surface area contributed by atoms with E-state index < -0.39 is 0 Å². The average molecular weight is 674 g/mol. The minimum atomic E-state index is -0.224. The quantitative estimate of drug-likeness (QED) is 0.202. The molecule has 2 aromatic heterocycles. The van der Waals surface area contributed by atoms with Crippen LogP contribution in [0.2, 0.25) is 0 Å². The molecule has 0 aliphatic carbocycles. The minimum absolute atomic E-state index is 0.134. The molecule has 1 N–H and O–H groups in total. The van der Waals surface area contributed by atoms with E-state index in [0.29, 0.717) is 54.5 Å². The summed E-state index contributed by atoms with van der Waals surface area (Å²) in [7, 11) is 1.60. The van der Waals surface area contributed by atoms with Gasteiger partial charge >= 0.3 is 0 Å². The van der Waals surface area contributed by atoms with Crippen molar-refractivity contribution in [2.75, 3.05) is 25.5 Å². The van der Waals surface area contributed by atoms with E-state index in [2.05, 4.69) is 15.5 Å². The number of thioether (sulfide) groups is 2. The van der Waals surface area contributed by atoms with Crippen LogP contribution in [0.25, 0.3) is 12.2 Å². The van der Waals surface area contributed by atoms with E-state index in [9.17, 15) is 14.4 Å². The SMILES string of the molecule is COc1ccc(/C=C2\SC(=S)N(CCc3nnc(NC(=O)CCCN4C(=O)/C(=C/c5cccs5)SC4=S)s3)C2=O)cc1. The highest BCUT2D eigenvalue weighted by atomic mass is 32.2. The van der Waals surface area contributed by atoms with Gasteiger partial charge < -0.3 is 10.1 Å². The van der Waals surface area contributed by atoms with E-state index in [1.807, 2.05) is 53.9 Å². The van der Waals surface area contributed by atoms with Crippen LogP contribution in [0.3, 0.4) is 0 Å². The van der Waals surface area contributed by atoms with Crippen LogP contribution in [0.5, 0.6) is 5.75 Å². The van der Waals surface area contributed by atoms with Crippen LogP contribution in [0, 0.1) is 0 Å². The van der Waals surface area contributed by atoms with Gasteiger partial charge in [0.1, 0.15) is 19.4 Å². The van der Waals surface area contributed by atoms with Crippen molar-refractivity contribution in [3.8, 4) is 5.75 Å². The van der Waals surface area contributed by atoms with Gasteiger partial charge in [0.25, 0.3) is 11.8 Å². The molecule has 0 saturated carbocycles. The monoisotopic (exact) mass is 673 g/mol. The lowest BCUT2D eigenvalue weighted by Crippen LogP contribution is -2.30. The molecule has 2 saturated heterocycles. The molecule has 5 rings (SSSR count). The summed E-state index contributed by atoms with van der Waals surface area (Å²) < 4.78 is 6.16. The number of aromatic nitrogens is 2. The smallest absolute Gasteiger partial charge is 0.266 e. The van der Waals surface area contributed by atoms with Crippen molar-refractivity contribution in [3.05, 3.63) is 67.0 Å². The number of benzene rings is 1. The van der Waals surface area contributed by atoms with Gasteiger partial charge in [-0.05, 0) is 47.7 Å². The van der Waals surface area contributed by atoms with Crippen LogP contribution in [-0.4, -0.2) is 66.6 Å². The van der Waals surface area contributed by atoms with Crippen molar-refractivity contribution in [2.45, 2.75) is 19.3 Å². The third-order valence-corrected chi connectivity index (χ3v) is 10.5.